The van der Waals surface area contributed by atoms with Crippen LogP contribution >= 0.6 is 0 Å². The lowest BCUT2D eigenvalue weighted by molar-refractivity contribution is -0.0815. The fraction of sp³-hybridized carbons (Fsp3) is 0.778. The first kappa shape index (κ1) is 19.5. The molecule has 1 rings (SSSR count). The van der Waals surface area contributed by atoms with E-state index in [1.54, 1.807) is 7.11 Å². The molecule has 0 aromatic rings. The van der Waals surface area contributed by atoms with E-state index in [1.807, 2.05) is 6.08 Å². The number of ether oxygens (including phenoxy) is 1. The number of hydrogen-bond acceptors (Lipinski definition) is 3. The molecule has 0 aromatic carbocycles. The highest BCUT2D eigenvalue weighted by Crippen LogP contribution is 2.36. The van der Waals surface area contributed by atoms with Crippen LogP contribution in [0, 0.1) is 5.92 Å². The second-order valence-electron chi connectivity index (χ2n) is 7.19. The van der Waals surface area contributed by atoms with Gasteiger partial charge in [0.1, 0.15) is 5.60 Å². The molecular weight excluding hydrogens is 290 g/mol. The highest BCUT2D eigenvalue weighted by molar-refractivity contribution is 6.71. The van der Waals surface area contributed by atoms with Crippen LogP contribution in [0.1, 0.15) is 46.5 Å². The molecule has 0 radical (unpaired) electrons. The number of allylic oxidation sites excluding steroid dienone is 1. The third kappa shape index (κ3) is 4.97. The molecule has 0 amide bonds. The zero-order valence-corrected chi connectivity index (χ0v) is 16.3. The first-order valence-electron chi connectivity index (χ1n) is 8.68. The Morgan fingerprint density at radius 2 is 2.05 bits per heavy atom. The van der Waals surface area contributed by atoms with Crippen molar-refractivity contribution in [1.82, 2.24) is 0 Å². The Hall–Kier alpha value is -0.583. The fourth-order valence-electron chi connectivity index (χ4n) is 3.05. The first-order chi connectivity index (χ1) is 10.3. The highest BCUT2D eigenvalue weighted by Gasteiger charge is 2.43. The average molecular weight is 326 g/mol. The predicted octanol–water partition coefficient (Wildman–Crippen LogP) is 4.61. The fourth-order valence-corrected chi connectivity index (χ4v) is 5.49. The van der Waals surface area contributed by atoms with Crippen molar-refractivity contribution < 1.29 is 9.16 Å². The number of nitrogens with two attached hydrogens (primary N) is 1. The summed E-state index contributed by atoms with van der Waals surface area (Å²) >= 11 is 0. The van der Waals surface area contributed by atoms with Crippen molar-refractivity contribution in [1.29, 1.82) is 0 Å². The zero-order valence-electron chi connectivity index (χ0n) is 15.3. The zero-order chi connectivity index (χ0) is 16.8. The number of hydrogen-bond donors (Lipinski definition) is 1. The monoisotopic (exact) mass is 325 g/mol. The summed E-state index contributed by atoms with van der Waals surface area (Å²) in [6.45, 7) is 11.4. The smallest absolute Gasteiger partial charge is 0.187 e. The first-order valence-corrected chi connectivity index (χ1v) is 11.8. The van der Waals surface area contributed by atoms with Crippen LogP contribution in [0.5, 0.6) is 0 Å². The van der Waals surface area contributed by atoms with Gasteiger partial charge < -0.3 is 14.9 Å². The van der Waals surface area contributed by atoms with Gasteiger partial charge in [-0.25, -0.2) is 0 Å². The summed E-state index contributed by atoms with van der Waals surface area (Å²) < 4.78 is 12.7. The molecule has 0 bridgehead atoms. The van der Waals surface area contributed by atoms with Gasteiger partial charge in [0, 0.05) is 19.2 Å². The Labute approximate surface area is 138 Å². The van der Waals surface area contributed by atoms with E-state index in [1.165, 1.54) is 18.9 Å². The van der Waals surface area contributed by atoms with E-state index in [0.29, 0.717) is 5.92 Å². The van der Waals surface area contributed by atoms with Crippen molar-refractivity contribution in [2.24, 2.45) is 11.7 Å². The van der Waals surface area contributed by atoms with Crippen molar-refractivity contribution in [2.45, 2.75) is 77.3 Å². The third-order valence-electron chi connectivity index (χ3n) is 4.82. The predicted molar refractivity (Wildman–Crippen MR) is 97.3 cm³/mol. The van der Waals surface area contributed by atoms with E-state index < -0.39 is 8.32 Å². The van der Waals surface area contributed by atoms with E-state index in [2.05, 4.69) is 46.0 Å². The van der Waals surface area contributed by atoms with Crippen LogP contribution in [-0.4, -0.2) is 27.1 Å². The van der Waals surface area contributed by atoms with Gasteiger partial charge in [0.2, 0.25) is 0 Å². The Morgan fingerprint density at radius 3 is 2.50 bits per heavy atom. The Morgan fingerprint density at radius 1 is 1.36 bits per heavy atom. The quantitative estimate of drug-likeness (QED) is 0.630. The van der Waals surface area contributed by atoms with E-state index in [4.69, 9.17) is 14.9 Å². The van der Waals surface area contributed by atoms with Crippen molar-refractivity contribution in [3.05, 3.63) is 23.9 Å². The van der Waals surface area contributed by atoms with Crippen LogP contribution in [0.25, 0.3) is 0 Å². The molecule has 0 fully saturated rings. The third-order valence-corrected chi connectivity index (χ3v) is 7.27. The molecule has 128 valence electrons. The molecular formula is C18H35NO2Si. The standard InChI is InChI=1S/C18H35NO2Si/c1-7-9-14-22(5,6)21-17(15(3)8-2)18(20-4)12-10-16(19)11-13-18/h10-12,15,17H,7-9,13-14,19H2,1-6H3. The van der Waals surface area contributed by atoms with E-state index in [-0.39, 0.29) is 11.7 Å². The van der Waals surface area contributed by atoms with Gasteiger partial charge in [-0.3, -0.25) is 0 Å². The molecule has 2 N–H and O–H groups in total. The summed E-state index contributed by atoms with van der Waals surface area (Å²) in [4.78, 5) is 0. The summed E-state index contributed by atoms with van der Waals surface area (Å²) in [5.41, 5.74) is 6.34. The molecule has 4 heteroatoms. The topological polar surface area (TPSA) is 44.5 Å². The molecule has 0 aliphatic heterocycles. The van der Waals surface area contributed by atoms with E-state index in [9.17, 15) is 0 Å². The molecule has 3 atom stereocenters. The van der Waals surface area contributed by atoms with Crippen LogP contribution in [0.3, 0.4) is 0 Å². The maximum Gasteiger partial charge on any atom is 0.187 e. The summed E-state index contributed by atoms with van der Waals surface area (Å²) in [5.74, 6) is 0.450. The van der Waals surface area contributed by atoms with Gasteiger partial charge in [-0.1, -0.05) is 46.1 Å². The maximum atomic E-state index is 6.75. The normalized spacial score (nSPS) is 24.9. The van der Waals surface area contributed by atoms with Crippen molar-refractivity contribution in [3.8, 4) is 0 Å². The summed E-state index contributed by atoms with van der Waals surface area (Å²) in [6, 6.07) is 1.21. The van der Waals surface area contributed by atoms with Gasteiger partial charge in [0.25, 0.3) is 0 Å². The maximum absolute atomic E-state index is 6.75. The average Bonchev–Trinajstić information content (AvgIpc) is 2.51. The molecule has 0 spiro atoms. The SMILES string of the molecule is CCCC[Si](C)(C)OC(C(C)CC)C1(OC)C=CC(N)=CC1. The van der Waals surface area contributed by atoms with Crippen LogP contribution in [0.2, 0.25) is 19.1 Å². The summed E-state index contributed by atoms with van der Waals surface area (Å²) in [5, 5.41) is 0. The molecule has 0 heterocycles. The van der Waals surface area contributed by atoms with Crippen LogP contribution in [0.15, 0.2) is 23.9 Å². The summed E-state index contributed by atoms with van der Waals surface area (Å²) in [6.07, 6.45) is 10.6. The van der Waals surface area contributed by atoms with Gasteiger partial charge in [-0.2, -0.15) is 0 Å². The molecule has 22 heavy (non-hydrogen) atoms. The summed E-state index contributed by atoms with van der Waals surface area (Å²) in [7, 11) is 0.0942. The molecule has 1 aliphatic rings. The lowest BCUT2D eigenvalue weighted by Gasteiger charge is -2.44. The largest absolute Gasteiger partial charge is 0.411 e. The van der Waals surface area contributed by atoms with Crippen molar-refractivity contribution in [3.63, 3.8) is 0 Å². The second-order valence-corrected chi connectivity index (χ2v) is 11.4. The number of unbranched alkanes of at least 4 members (excludes halogenated alkanes) is 1. The molecule has 3 nitrogen and oxygen atoms in total. The lowest BCUT2D eigenvalue weighted by atomic mass is 9.81. The van der Waals surface area contributed by atoms with Gasteiger partial charge in [0.15, 0.2) is 8.32 Å². The molecule has 0 saturated carbocycles. The Kier molecular flexibility index (Phi) is 7.36. The number of rotatable bonds is 9. The Balaban J connectivity index is 2.99. The minimum absolute atomic E-state index is 0.0848. The van der Waals surface area contributed by atoms with E-state index in [0.717, 1.165) is 18.5 Å². The minimum atomic E-state index is -1.70. The van der Waals surface area contributed by atoms with Gasteiger partial charge in [0.05, 0.1) is 6.10 Å². The molecule has 1 aliphatic carbocycles. The highest BCUT2D eigenvalue weighted by atomic mass is 28.4. The van der Waals surface area contributed by atoms with Crippen LogP contribution in [0.4, 0.5) is 0 Å². The van der Waals surface area contributed by atoms with Gasteiger partial charge in [-0.05, 0) is 37.2 Å². The Bertz CT molecular complexity index is 406. The van der Waals surface area contributed by atoms with E-state index >= 15 is 0 Å². The lowest BCUT2D eigenvalue weighted by Crippen LogP contribution is -2.53. The van der Waals surface area contributed by atoms with Crippen LogP contribution in [-0.2, 0) is 9.16 Å². The van der Waals surface area contributed by atoms with Crippen LogP contribution < -0.4 is 5.73 Å². The van der Waals surface area contributed by atoms with Crippen molar-refractivity contribution in [2.75, 3.05) is 7.11 Å². The van der Waals surface area contributed by atoms with Gasteiger partial charge >= 0.3 is 0 Å². The second kappa shape index (κ2) is 8.32. The van der Waals surface area contributed by atoms with Crippen molar-refractivity contribution >= 4 is 8.32 Å². The number of methoxy groups -OCH3 is 1. The molecule has 0 aromatic heterocycles. The van der Waals surface area contributed by atoms with Gasteiger partial charge in [-0.15, -0.1) is 0 Å². The molecule has 0 saturated heterocycles. The minimum Gasteiger partial charge on any atom is -0.411 e. The molecule has 3 unspecified atom stereocenters.